The van der Waals surface area contributed by atoms with Crippen LogP contribution in [0.2, 0.25) is 0 Å². The lowest BCUT2D eigenvalue weighted by Gasteiger charge is -2.49. The van der Waals surface area contributed by atoms with Crippen LogP contribution >= 0.6 is 23.1 Å². The van der Waals surface area contributed by atoms with E-state index < -0.39 is 58.5 Å². The number of aromatic nitrogens is 2. The molecular formula is C63H54N6O7S2. The van der Waals surface area contributed by atoms with Gasteiger partial charge in [0, 0.05) is 47.1 Å². The van der Waals surface area contributed by atoms with Gasteiger partial charge in [-0.15, -0.1) is 23.1 Å². The molecule has 13 nitrogen and oxygen atoms in total. The molecule has 2 amide bonds. The van der Waals surface area contributed by atoms with Gasteiger partial charge < -0.3 is 24.9 Å². The summed E-state index contributed by atoms with van der Waals surface area (Å²) in [6.07, 6.45) is 5.58. The van der Waals surface area contributed by atoms with Gasteiger partial charge in [0.25, 0.3) is 11.8 Å². The Morgan fingerprint density at radius 1 is 0.679 bits per heavy atom. The number of β-lactam (4-membered cyclic amide) rings is 1. The van der Waals surface area contributed by atoms with E-state index in [0.29, 0.717) is 10.7 Å². The van der Waals surface area contributed by atoms with Gasteiger partial charge in [-0.25, -0.2) is 9.78 Å². The van der Waals surface area contributed by atoms with Gasteiger partial charge in [-0.1, -0.05) is 219 Å². The first-order chi connectivity index (χ1) is 38.1. The smallest absolute Gasteiger partial charge is 0.358 e. The van der Waals surface area contributed by atoms with Crippen LogP contribution in [0.25, 0.3) is 6.08 Å². The largest absolute Gasteiger partial charge is 0.425 e. The van der Waals surface area contributed by atoms with Crippen molar-refractivity contribution in [3.8, 4) is 0 Å². The molecule has 390 valence electrons. The monoisotopic (exact) mass is 1070 g/mol. The molecule has 0 radical (unpaired) electrons. The van der Waals surface area contributed by atoms with Crippen molar-refractivity contribution in [1.29, 1.82) is 0 Å². The van der Waals surface area contributed by atoms with E-state index in [9.17, 15) is 14.4 Å². The zero-order valence-corrected chi connectivity index (χ0v) is 44.5. The summed E-state index contributed by atoms with van der Waals surface area (Å²) in [6.45, 7) is 4.78. The Balaban J connectivity index is 1.05. The number of hydrogen-bond acceptors (Lipinski definition) is 13. The molecule has 2 N–H and O–H groups in total. The van der Waals surface area contributed by atoms with Crippen molar-refractivity contribution in [1.82, 2.24) is 20.2 Å². The predicted molar refractivity (Wildman–Crippen MR) is 304 cm³/mol. The number of nitrogens with one attached hydrogen (secondary N) is 2. The van der Waals surface area contributed by atoms with Gasteiger partial charge in [0.15, 0.2) is 10.8 Å². The minimum atomic E-state index is -1.39. The zero-order valence-electron chi connectivity index (χ0n) is 42.8. The van der Waals surface area contributed by atoms with Gasteiger partial charge >= 0.3 is 11.9 Å². The highest BCUT2D eigenvalue weighted by Gasteiger charge is 2.55. The fraction of sp³-hybridized carbons (Fsp3) is 0.159. The van der Waals surface area contributed by atoms with E-state index in [-0.39, 0.29) is 22.9 Å². The predicted octanol–water partition coefficient (Wildman–Crippen LogP) is 11.1. The fourth-order valence-corrected chi connectivity index (χ4v) is 11.6. The summed E-state index contributed by atoms with van der Waals surface area (Å²) < 4.78 is 11.1. The van der Waals surface area contributed by atoms with Crippen molar-refractivity contribution >= 4 is 63.8 Å². The van der Waals surface area contributed by atoms with Crippen LogP contribution in [0.3, 0.4) is 0 Å². The molecule has 0 bridgehead atoms. The molecule has 10 rings (SSSR count). The number of rotatable bonds is 19. The van der Waals surface area contributed by atoms with Crippen molar-refractivity contribution in [2.24, 2.45) is 11.1 Å². The number of oxime groups is 1. The van der Waals surface area contributed by atoms with Crippen LogP contribution in [0, 0.1) is 5.92 Å². The second kappa shape index (κ2) is 23.5. The molecule has 4 heterocycles. The van der Waals surface area contributed by atoms with Crippen molar-refractivity contribution < 1.29 is 33.5 Å². The van der Waals surface area contributed by atoms with Crippen LogP contribution < -0.4 is 10.6 Å². The van der Waals surface area contributed by atoms with E-state index in [1.807, 2.05) is 152 Å². The summed E-state index contributed by atoms with van der Waals surface area (Å²) in [7, 11) is 0. The number of carbonyl (C=O) groups excluding carboxylic acids is 4. The Labute approximate surface area is 460 Å². The minimum Gasteiger partial charge on any atom is -0.425 e. The van der Waals surface area contributed by atoms with Crippen LogP contribution in [0.4, 0.5) is 5.13 Å². The summed E-state index contributed by atoms with van der Waals surface area (Å²) >= 11 is 2.65. The summed E-state index contributed by atoms with van der Waals surface area (Å²) in [4.78, 5) is 74.3. The van der Waals surface area contributed by atoms with Gasteiger partial charge in [0.2, 0.25) is 11.9 Å². The molecule has 6 aromatic carbocycles. The third-order valence-corrected chi connectivity index (χ3v) is 15.4. The second-order valence-electron chi connectivity index (χ2n) is 18.7. The van der Waals surface area contributed by atoms with E-state index in [2.05, 4.69) is 52.0 Å². The maximum atomic E-state index is 15.4. The third kappa shape index (κ3) is 10.7. The van der Waals surface area contributed by atoms with Crippen LogP contribution in [-0.4, -0.2) is 67.8 Å². The van der Waals surface area contributed by atoms with E-state index in [1.54, 1.807) is 49.8 Å². The van der Waals surface area contributed by atoms with Crippen molar-refractivity contribution in [2.45, 2.75) is 49.6 Å². The van der Waals surface area contributed by atoms with E-state index >= 15 is 4.79 Å². The molecule has 0 spiro atoms. The lowest BCUT2D eigenvalue weighted by atomic mass is 9.77. The fourth-order valence-electron chi connectivity index (χ4n) is 9.55. The normalized spacial score (nSPS) is 16.0. The number of allylic oxidation sites excluding steroid dienone is 1. The number of ether oxygens (including phenoxy) is 2. The Bertz CT molecular complexity index is 3280. The number of amides is 2. The molecule has 3 atom stereocenters. The first-order valence-electron chi connectivity index (χ1n) is 25.4. The number of benzene rings is 6. The average molecular weight is 1070 g/mol. The highest BCUT2D eigenvalue weighted by Crippen LogP contribution is 2.44. The molecule has 2 aliphatic heterocycles. The number of pyridine rings is 1. The molecule has 15 heteroatoms. The van der Waals surface area contributed by atoms with Gasteiger partial charge in [0.1, 0.15) is 28.3 Å². The van der Waals surface area contributed by atoms with Crippen LogP contribution in [-0.2, 0) is 44.6 Å². The van der Waals surface area contributed by atoms with E-state index in [1.165, 1.54) is 34.9 Å². The minimum absolute atomic E-state index is 0.0358. The Hall–Kier alpha value is -8.92. The second-order valence-corrected chi connectivity index (χ2v) is 20.7. The Morgan fingerprint density at radius 3 is 1.68 bits per heavy atom. The van der Waals surface area contributed by atoms with Gasteiger partial charge in [-0.2, -0.15) is 0 Å². The molecular weight excluding hydrogens is 1020 g/mol. The van der Waals surface area contributed by atoms with Crippen molar-refractivity contribution in [2.75, 3.05) is 11.1 Å². The van der Waals surface area contributed by atoms with Crippen molar-refractivity contribution in [3.63, 3.8) is 0 Å². The number of esters is 2. The topological polar surface area (TPSA) is 161 Å². The number of hydrogen-bond donors (Lipinski definition) is 2. The summed E-state index contributed by atoms with van der Waals surface area (Å²) in [5, 5.41) is 13.1. The molecule has 8 aromatic rings. The molecule has 2 aromatic heterocycles. The lowest BCUT2D eigenvalue weighted by molar-refractivity contribution is -0.186. The lowest BCUT2D eigenvalue weighted by Crippen LogP contribution is -2.71. The number of thiazole rings is 1. The molecule has 1 fully saturated rings. The maximum absolute atomic E-state index is 15.4. The third-order valence-electron chi connectivity index (χ3n) is 13.4. The maximum Gasteiger partial charge on any atom is 0.358 e. The van der Waals surface area contributed by atoms with Crippen LogP contribution in [0.5, 0.6) is 0 Å². The van der Waals surface area contributed by atoms with Gasteiger partial charge in [-0.05, 0) is 33.9 Å². The number of fused-ring (bicyclic) bond motifs is 1. The van der Waals surface area contributed by atoms with Crippen LogP contribution in [0.1, 0.15) is 65.4 Å². The Kier molecular flexibility index (Phi) is 15.8. The SMILES string of the molecule is CC(OC(=O)C1=C(/C=C\c2cccnc2)CS[C@@H]2[C@H](NC(=O)C(=NOC(c3ccccc3)(c3ccccc3)c3ccccc3)c3csc(NC(c4ccccc4)(c4ccccc4)c4ccccc4)n3)C(=O)N12)OC(=O)C(C)C. The van der Waals surface area contributed by atoms with Gasteiger partial charge in [-0.3, -0.25) is 24.3 Å². The number of carbonyl (C=O) groups is 4. The quantitative estimate of drug-likeness (QED) is 0.0198. The average Bonchev–Trinajstić information content (AvgIpc) is 4.07. The highest BCUT2D eigenvalue weighted by atomic mass is 32.2. The molecule has 1 unspecified atom stereocenters. The standard InChI is InChI=1S/C63H54N6O7S2/c1-42(2)59(72)74-43(3)75-60(73)55-45(37-36-44-23-22-38-64-39-44)40-77-58-54(57(71)69(55)58)66-56(70)53(68-76-63(49-30-16-7-17-31-49,50-32-18-8-19-33-50)51-34-20-9-21-35-51)52-41-78-61(65-52)67-62(46-24-10-4-11-25-46,47-26-12-5-13-27-47)48-28-14-6-15-29-48/h4-39,41-43,54,58H,40H2,1-3H3,(H,65,67)(H,66,70)/b37-36-,68-53?/t43?,54-,58-/m1/s1. The van der Waals surface area contributed by atoms with Crippen molar-refractivity contribution in [3.05, 3.63) is 274 Å². The van der Waals surface area contributed by atoms with Crippen LogP contribution in [0.15, 0.2) is 234 Å². The number of nitrogens with zero attached hydrogens (tertiary/aromatic N) is 4. The van der Waals surface area contributed by atoms with E-state index in [4.69, 9.17) is 24.5 Å². The Morgan fingerprint density at radius 2 is 1.19 bits per heavy atom. The number of thioether (sulfide) groups is 1. The van der Waals surface area contributed by atoms with E-state index in [0.717, 1.165) is 38.9 Å². The summed E-state index contributed by atoms with van der Waals surface area (Å²) in [5.74, 6) is -2.96. The highest BCUT2D eigenvalue weighted by molar-refractivity contribution is 8.00. The zero-order chi connectivity index (χ0) is 54.1. The molecule has 0 aliphatic carbocycles. The summed E-state index contributed by atoms with van der Waals surface area (Å²) in [6, 6.07) is 61.8. The van der Waals surface area contributed by atoms with Gasteiger partial charge in [0.05, 0.1) is 5.92 Å². The first kappa shape index (κ1) is 52.5. The molecule has 2 aliphatic rings. The first-order valence-corrected chi connectivity index (χ1v) is 27.3. The number of anilines is 1. The molecule has 1 saturated heterocycles. The summed E-state index contributed by atoms with van der Waals surface area (Å²) in [5.41, 5.74) is 3.89. The molecule has 0 saturated carbocycles. The molecule has 78 heavy (non-hydrogen) atoms.